The van der Waals surface area contributed by atoms with Gasteiger partial charge < -0.3 is 0 Å². The smallest absolute Gasteiger partial charge is 0.0419 e. The minimum Gasteiger partial charge on any atom is -0.271 e. The summed E-state index contributed by atoms with van der Waals surface area (Å²) in [5.74, 6) is 8.46. The Morgan fingerprint density at radius 2 is 2.05 bits per heavy atom. The van der Waals surface area contributed by atoms with Gasteiger partial charge >= 0.3 is 0 Å². The number of hydrazine groups is 1. The van der Waals surface area contributed by atoms with Crippen molar-refractivity contribution in [2.45, 2.75) is 51.5 Å². The van der Waals surface area contributed by atoms with Crippen molar-refractivity contribution in [3.63, 3.8) is 0 Å². The normalized spacial score (nSPS) is 30.7. The molecule has 3 unspecified atom stereocenters. The van der Waals surface area contributed by atoms with Crippen molar-refractivity contribution in [2.75, 3.05) is 0 Å². The SMILES string of the molecule is CCc1ccc(CC(NN)C2C3CCCCC32)nc1. The highest BCUT2D eigenvalue weighted by molar-refractivity contribution is 5.16. The predicted octanol–water partition coefficient (Wildman–Crippen LogP) is 2.45. The van der Waals surface area contributed by atoms with Gasteiger partial charge in [0.25, 0.3) is 0 Å². The molecule has 0 aliphatic heterocycles. The molecule has 0 bridgehead atoms. The van der Waals surface area contributed by atoms with Gasteiger partial charge in [-0.25, -0.2) is 0 Å². The van der Waals surface area contributed by atoms with Crippen LogP contribution < -0.4 is 11.3 Å². The van der Waals surface area contributed by atoms with Crippen LogP contribution in [0.2, 0.25) is 0 Å². The summed E-state index contributed by atoms with van der Waals surface area (Å²) in [5, 5.41) is 0. The molecule has 2 saturated carbocycles. The molecule has 2 aliphatic rings. The third-order valence-corrected chi connectivity index (χ3v) is 5.12. The first-order valence-corrected chi connectivity index (χ1v) is 7.73. The molecule has 3 N–H and O–H groups in total. The average Bonchev–Trinajstić information content (AvgIpc) is 3.20. The third kappa shape index (κ3) is 2.67. The summed E-state index contributed by atoms with van der Waals surface area (Å²) in [5.41, 5.74) is 5.53. The summed E-state index contributed by atoms with van der Waals surface area (Å²) in [4.78, 5) is 4.57. The molecule has 1 heterocycles. The Bertz CT molecular complexity index is 403. The highest BCUT2D eigenvalue weighted by Crippen LogP contribution is 2.57. The molecule has 2 aliphatic carbocycles. The fourth-order valence-corrected chi connectivity index (χ4v) is 3.96. The number of nitrogens with zero attached hydrogens (tertiary/aromatic N) is 1. The molecule has 3 atom stereocenters. The van der Waals surface area contributed by atoms with E-state index in [1.165, 1.54) is 36.9 Å². The fraction of sp³-hybridized carbons (Fsp3) is 0.688. The van der Waals surface area contributed by atoms with Gasteiger partial charge in [-0.05, 0) is 48.6 Å². The number of aryl methyl sites for hydroxylation is 1. The molecule has 0 aromatic carbocycles. The molecule has 0 saturated heterocycles. The Balaban J connectivity index is 1.63. The first-order valence-electron chi connectivity index (χ1n) is 7.73. The molecule has 1 aromatic heterocycles. The number of hydrogen-bond acceptors (Lipinski definition) is 3. The molecular formula is C16H25N3. The van der Waals surface area contributed by atoms with E-state index in [1.807, 2.05) is 6.20 Å². The van der Waals surface area contributed by atoms with Gasteiger partial charge in [0.15, 0.2) is 0 Å². The highest BCUT2D eigenvalue weighted by Gasteiger charge is 2.53. The molecule has 104 valence electrons. The standard InChI is InChI=1S/C16H25N3/c1-2-11-7-8-12(18-10-11)9-15(19-17)16-13-5-3-4-6-14(13)16/h7-8,10,13-16,19H,2-6,9,17H2,1H3. The van der Waals surface area contributed by atoms with Gasteiger partial charge in [0.1, 0.15) is 0 Å². The Kier molecular flexibility index (Phi) is 3.85. The number of rotatable bonds is 5. The number of pyridine rings is 1. The van der Waals surface area contributed by atoms with E-state index in [0.717, 1.165) is 30.6 Å². The van der Waals surface area contributed by atoms with Crippen LogP contribution in [0, 0.1) is 17.8 Å². The van der Waals surface area contributed by atoms with Gasteiger partial charge in [0.2, 0.25) is 0 Å². The summed E-state index contributed by atoms with van der Waals surface area (Å²) in [6.07, 6.45) is 9.68. The van der Waals surface area contributed by atoms with Crippen LogP contribution in [0.1, 0.15) is 43.9 Å². The number of nitrogens with two attached hydrogens (primary N) is 1. The van der Waals surface area contributed by atoms with Crippen molar-refractivity contribution in [3.05, 3.63) is 29.6 Å². The Morgan fingerprint density at radius 1 is 1.32 bits per heavy atom. The van der Waals surface area contributed by atoms with Crippen molar-refractivity contribution in [3.8, 4) is 0 Å². The summed E-state index contributed by atoms with van der Waals surface area (Å²) in [6.45, 7) is 2.16. The number of aromatic nitrogens is 1. The fourth-order valence-electron chi connectivity index (χ4n) is 3.96. The Hall–Kier alpha value is -0.930. The van der Waals surface area contributed by atoms with Crippen LogP contribution >= 0.6 is 0 Å². The largest absolute Gasteiger partial charge is 0.271 e. The minimum absolute atomic E-state index is 0.410. The van der Waals surface area contributed by atoms with Crippen molar-refractivity contribution >= 4 is 0 Å². The Morgan fingerprint density at radius 3 is 2.58 bits per heavy atom. The van der Waals surface area contributed by atoms with E-state index in [0.29, 0.717) is 6.04 Å². The Labute approximate surface area is 116 Å². The van der Waals surface area contributed by atoms with Crippen LogP contribution in [0.3, 0.4) is 0 Å². The monoisotopic (exact) mass is 259 g/mol. The molecule has 3 heteroatoms. The second-order valence-electron chi connectivity index (χ2n) is 6.18. The predicted molar refractivity (Wildman–Crippen MR) is 77.4 cm³/mol. The number of hydrogen-bond donors (Lipinski definition) is 2. The van der Waals surface area contributed by atoms with Crippen molar-refractivity contribution in [2.24, 2.45) is 23.6 Å². The van der Waals surface area contributed by atoms with Crippen LogP contribution in [0.15, 0.2) is 18.3 Å². The molecule has 3 nitrogen and oxygen atoms in total. The van der Waals surface area contributed by atoms with Crippen molar-refractivity contribution < 1.29 is 0 Å². The van der Waals surface area contributed by atoms with Crippen molar-refractivity contribution in [1.29, 1.82) is 0 Å². The molecule has 3 rings (SSSR count). The van der Waals surface area contributed by atoms with E-state index >= 15 is 0 Å². The minimum atomic E-state index is 0.410. The lowest BCUT2D eigenvalue weighted by molar-refractivity contribution is 0.433. The van der Waals surface area contributed by atoms with E-state index in [1.54, 1.807) is 0 Å². The second-order valence-corrected chi connectivity index (χ2v) is 6.18. The van der Waals surface area contributed by atoms with E-state index < -0.39 is 0 Å². The summed E-state index contributed by atoms with van der Waals surface area (Å²) >= 11 is 0. The van der Waals surface area contributed by atoms with Crippen molar-refractivity contribution in [1.82, 2.24) is 10.4 Å². The molecule has 2 fully saturated rings. The topological polar surface area (TPSA) is 50.9 Å². The van der Waals surface area contributed by atoms with Crippen LogP contribution in [0.25, 0.3) is 0 Å². The van der Waals surface area contributed by atoms with Gasteiger partial charge in [-0.3, -0.25) is 16.3 Å². The molecule has 19 heavy (non-hydrogen) atoms. The van der Waals surface area contributed by atoms with Gasteiger partial charge in [0, 0.05) is 24.4 Å². The zero-order valence-corrected chi connectivity index (χ0v) is 11.8. The molecular weight excluding hydrogens is 234 g/mol. The lowest BCUT2D eigenvalue weighted by atomic mass is 10.0. The van der Waals surface area contributed by atoms with E-state index in [4.69, 9.17) is 5.84 Å². The van der Waals surface area contributed by atoms with Crippen LogP contribution in [-0.2, 0) is 12.8 Å². The molecule has 1 aromatic rings. The van der Waals surface area contributed by atoms with Crippen LogP contribution in [-0.4, -0.2) is 11.0 Å². The van der Waals surface area contributed by atoms with Gasteiger partial charge in [-0.1, -0.05) is 25.8 Å². The van der Waals surface area contributed by atoms with E-state index in [9.17, 15) is 0 Å². The quantitative estimate of drug-likeness (QED) is 0.631. The summed E-state index contributed by atoms with van der Waals surface area (Å²) < 4.78 is 0. The summed E-state index contributed by atoms with van der Waals surface area (Å²) in [6, 6.07) is 4.76. The zero-order valence-electron chi connectivity index (χ0n) is 11.8. The van der Waals surface area contributed by atoms with E-state index in [-0.39, 0.29) is 0 Å². The maximum absolute atomic E-state index is 5.79. The lowest BCUT2D eigenvalue weighted by Gasteiger charge is -2.16. The second kappa shape index (κ2) is 5.59. The third-order valence-electron chi connectivity index (χ3n) is 5.12. The number of fused-ring (bicyclic) bond motifs is 1. The summed E-state index contributed by atoms with van der Waals surface area (Å²) in [7, 11) is 0. The molecule has 0 spiro atoms. The maximum atomic E-state index is 5.79. The molecule has 0 amide bonds. The first kappa shape index (κ1) is 13.1. The van der Waals surface area contributed by atoms with Gasteiger partial charge in [-0.2, -0.15) is 0 Å². The van der Waals surface area contributed by atoms with E-state index in [2.05, 4.69) is 29.5 Å². The lowest BCUT2D eigenvalue weighted by Crippen LogP contribution is -2.39. The van der Waals surface area contributed by atoms with Crippen LogP contribution in [0.4, 0.5) is 0 Å². The van der Waals surface area contributed by atoms with Gasteiger partial charge in [-0.15, -0.1) is 0 Å². The molecule has 0 radical (unpaired) electrons. The number of nitrogens with one attached hydrogen (secondary N) is 1. The highest BCUT2D eigenvalue weighted by atomic mass is 15.2. The maximum Gasteiger partial charge on any atom is 0.0419 e. The average molecular weight is 259 g/mol. The first-order chi connectivity index (χ1) is 9.33. The van der Waals surface area contributed by atoms with Crippen LogP contribution in [0.5, 0.6) is 0 Å². The van der Waals surface area contributed by atoms with Gasteiger partial charge in [0.05, 0.1) is 0 Å². The zero-order chi connectivity index (χ0) is 13.2.